The van der Waals surface area contributed by atoms with Crippen LogP contribution in [0.15, 0.2) is 24.3 Å². The van der Waals surface area contributed by atoms with Crippen molar-refractivity contribution in [3.63, 3.8) is 0 Å². The zero-order chi connectivity index (χ0) is 12.0. The van der Waals surface area contributed by atoms with Crippen LogP contribution >= 0.6 is 0 Å². The van der Waals surface area contributed by atoms with E-state index in [4.69, 9.17) is 9.47 Å². The summed E-state index contributed by atoms with van der Waals surface area (Å²) in [6.07, 6.45) is -0.549. The molecule has 0 radical (unpaired) electrons. The SMILES string of the molecule is COC(=O)C(C)OCc1ccc(OC)cc1. The van der Waals surface area contributed by atoms with Crippen LogP contribution in [0, 0.1) is 0 Å². The second-order valence-electron chi connectivity index (χ2n) is 3.32. The highest BCUT2D eigenvalue weighted by Crippen LogP contribution is 2.12. The molecule has 0 N–H and O–H groups in total. The molecule has 0 saturated heterocycles. The van der Waals surface area contributed by atoms with Crippen molar-refractivity contribution in [2.75, 3.05) is 14.2 Å². The van der Waals surface area contributed by atoms with Crippen molar-refractivity contribution in [1.29, 1.82) is 0 Å². The Bertz CT molecular complexity index is 331. The van der Waals surface area contributed by atoms with E-state index >= 15 is 0 Å². The van der Waals surface area contributed by atoms with Crippen molar-refractivity contribution in [3.8, 4) is 5.75 Å². The topological polar surface area (TPSA) is 44.8 Å². The van der Waals surface area contributed by atoms with E-state index in [0.29, 0.717) is 6.61 Å². The predicted molar refractivity (Wildman–Crippen MR) is 59.3 cm³/mol. The summed E-state index contributed by atoms with van der Waals surface area (Å²) in [6, 6.07) is 7.48. The number of carbonyl (C=O) groups is 1. The van der Waals surface area contributed by atoms with Crippen molar-refractivity contribution >= 4 is 5.97 Å². The lowest BCUT2D eigenvalue weighted by atomic mass is 10.2. The third-order valence-electron chi connectivity index (χ3n) is 2.19. The van der Waals surface area contributed by atoms with Crippen LogP contribution in [0.2, 0.25) is 0 Å². The summed E-state index contributed by atoms with van der Waals surface area (Å²) in [5, 5.41) is 0. The lowest BCUT2D eigenvalue weighted by Gasteiger charge is -2.10. The van der Waals surface area contributed by atoms with E-state index in [1.807, 2.05) is 24.3 Å². The Morgan fingerprint density at radius 2 is 1.88 bits per heavy atom. The maximum absolute atomic E-state index is 11.1. The fraction of sp³-hybridized carbons (Fsp3) is 0.417. The normalized spacial score (nSPS) is 11.9. The Labute approximate surface area is 95.1 Å². The molecule has 0 spiro atoms. The molecular formula is C12H16O4. The zero-order valence-corrected chi connectivity index (χ0v) is 9.73. The van der Waals surface area contributed by atoms with Gasteiger partial charge >= 0.3 is 5.97 Å². The fourth-order valence-corrected chi connectivity index (χ4v) is 1.18. The van der Waals surface area contributed by atoms with E-state index in [0.717, 1.165) is 11.3 Å². The molecule has 0 amide bonds. The third-order valence-corrected chi connectivity index (χ3v) is 2.19. The van der Waals surface area contributed by atoms with Gasteiger partial charge in [0.2, 0.25) is 0 Å². The van der Waals surface area contributed by atoms with Crippen LogP contribution < -0.4 is 4.74 Å². The maximum atomic E-state index is 11.1. The van der Waals surface area contributed by atoms with Crippen molar-refractivity contribution in [1.82, 2.24) is 0 Å². The standard InChI is InChI=1S/C12H16O4/c1-9(12(13)15-3)16-8-10-4-6-11(14-2)7-5-10/h4-7,9H,8H2,1-3H3. The second-order valence-corrected chi connectivity index (χ2v) is 3.32. The van der Waals surface area contributed by atoms with Gasteiger partial charge in [0, 0.05) is 0 Å². The van der Waals surface area contributed by atoms with Crippen LogP contribution in [-0.4, -0.2) is 26.3 Å². The van der Waals surface area contributed by atoms with Gasteiger partial charge in [0.05, 0.1) is 20.8 Å². The number of rotatable bonds is 5. The molecule has 0 aliphatic heterocycles. The monoisotopic (exact) mass is 224 g/mol. The van der Waals surface area contributed by atoms with E-state index < -0.39 is 6.10 Å². The van der Waals surface area contributed by atoms with Crippen LogP contribution in [0.4, 0.5) is 0 Å². The van der Waals surface area contributed by atoms with Crippen LogP contribution in [-0.2, 0) is 20.9 Å². The van der Waals surface area contributed by atoms with E-state index in [1.165, 1.54) is 7.11 Å². The number of carbonyl (C=O) groups excluding carboxylic acids is 1. The Morgan fingerprint density at radius 1 is 1.25 bits per heavy atom. The van der Waals surface area contributed by atoms with Gasteiger partial charge in [0.15, 0.2) is 6.10 Å². The van der Waals surface area contributed by atoms with E-state index in [9.17, 15) is 4.79 Å². The van der Waals surface area contributed by atoms with Gasteiger partial charge in [0.25, 0.3) is 0 Å². The molecule has 0 aliphatic carbocycles. The highest BCUT2D eigenvalue weighted by molar-refractivity contribution is 5.73. The van der Waals surface area contributed by atoms with Crippen LogP contribution in [0.1, 0.15) is 12.5 Å². The van der Waals surface area contributed by atoms with Crippen molar-refractivity contribution in [3.05, 3.63) is 29.8 Å². The van der Waals surface area contributed by atoms with Crippen molar-refractivity contribution < 1.29 is 19.0 Å². The average molecular weight is 224 g/mol. The first-order valence-electron chi connectivity index (χ1n) is 4.99. The Hall–Kier alpha value is -1.55. The number of methoxy groups -OCH3 is 2. The van der Waals surface area contributed by atoms with E-state index in [1.54, 1.807) is 14.0 Å². The molecule has 0 saturated carbocycles. The Balaban J connectivity index is 2.45. The Morgan fingerprint density at radius 3 is 2.38 bits per heavy atom. The molecule has 0 aromatic heterocycles. The lowest BCUT2D eigenvalue weighted by Crippen LogP contribution is -2.21. The maximum Gasteiger partial charge on any atom is 0.334 e. The van der Waals surface area contributed by atoms with E-state index in [2.05, 4.69) is 4.74 Å². The van der Waals surface area contributed by atoms with Gasteiger partial charge in [-0.05, 0) is 24.6 Å². The van der Waals surface area contributed by atoms with E-state index in [-0.39, 0.29) is 5.97 Å². The van der Waals surface area contributed by atoms with Crippen LogP contribution in [0.25, 0.3) is 0 Å². The first kappa shape index (κ1) is 12.5. The molecule has 0 bridgehead atoms. The minimum Gasteiger partial charge on any atom is -0.497 e. The van der Waals surface area contributed by atoms with Crippen LogP contribution in [0.5, 0.6) is 5.75 Å². The summed E-state index contributed by atoms with van der Waals surface area (Å²) in [7, 11) is 2.96. The molecule has 0 heterocycles. The molecule has 88 valence electrons. The summed E-state index contributed by atoms with van der Waals surface area (Å²) in [5.74, 6) is 0.429. The second kappa shape index (κ2) is 6.12. The largest absolute Gasteiger partial charge is 0.497 e. The smallest absolute Gasteiger partial charge is 0.334 e. The quantitative estimate of drug-likeness (QED) is 0.715. The summed E-state index contributed by atoms with van der Waals surface area (Å²) in [5.41, 5.74) is 0.983. The molecule has 1 unspecified atom stereocenters. The molecule has 4 nitrogen and oxygen atoms in total. The average Bonchev–Trinajstić information content (AvgIpc) is 2.35. The summed E-state index contributed by atoms with van der Waals surface area (Å²) < 4.78 is 14.9. The van der Waals surface area contributed by atoms with Gasteiger partial charge in [-0.25, -0.2) is 4.79 Å². The molecule has 1 atom stereocenters. The first-order chi connectivity index (χ1) is 7.67. The molecule has 1 rings (SSSR count). The van der Waals surface area contributed by atoms with Gasteiger partial charge in [-0.3, -0.25) is 0 Å². The highest BCUT2D eigenvalue weighted by atomic mass is 16.6. The summed E-state index contributed by atoms with van der Waals surface area (Å²) in [4.78, 5) is 11.1. The Kier molecular flexibility index (Phi) is 4.79. The van der Waals surface area contributed by atoms with Gasteiger partial charge in [-0.1, -0.05) is 12.1 Å². The fourth-order valence-electron chi connectivity index (χ4n) is 1.18. The van der Waals surface area contributed by atoms with Crippen molar-refractivity contribution in [2.24, 2.45) is 0 Å². The molecule has 16 heavy (non-hydrogen) atoms. The number of hydrogen-bond donors (Lipinski definition) is 0. The molecule has 1 aromatic carbocycles. The summed E-state index contributed by atoms with van der Waals surface area (Å²) in [6.45, 7) is 2.04. The van der Waals surface area contributed by atoms with Crippen LogP contribution in [0.3, 0.4) is 0 Å². The lowest BCUT2D eigenvalue weighted by molar-refractivity contribution is -0.153. The highest BCUT2D eigenvalue weighted by Gasteiger charge is 2.12. The minimum absolute atomic E-state index is 0.367. The molecule has 4 heteroatoms. The number of ether oxygens (including phenoxy) is 3. The zero-order valence-electron chi connectivity index (χ0n) is 9.73. The number of benzene rings is 1. The van der Waals surface area contributed by atoms with Gasteiger partial charge in [0.1, 0.15) is 5.75 Å². The molecular weight excluding hydrogens is 208 g/mol. The van der Waals surface area contributed by atoms with Crippen molar-refractivity contribution in [2.45, 2.75) is 19.6 Å². The van der Waals surface area contributed by atoms with Gasteiger partial charge < -0.3 is 14.2 Å². The number of esters is 1. The predicted octanol–water partition coefficient (Wildman–Crippen LogP) is 1.77. The summed E-state index contributed by atoms with van der Waals surface area (Å²) >= 11 is 0. The third kappa shape index (κ3) is 3.55. The van der Waals surface area contributed by atoms with Gasteiger partial charge in [-0.2, -0.15) is 0 Å². The molecule has 0 fully saturated rings. The molecule has 0 aliphatic rings. The number of hydrogen-bond acceptors (Lipinski definition) is 4. The minimum atomic E-state index is -0.549. The van der Waals surface area contributed by atoms with Gasteiger partial charge in [-0.15, -0.1) is 0 Å². The molecule has 1 aromatic rings. The first-order valence-corrected chi connectivity index (χ1v) is 4.99.